The lowest BCUT2D eigenvalue weighted by molar-refractivity contribution is 0.0998. The molecular weight excluding hydrogens is 320 g/mol. The smallest absolute Gasteiger partial charge is 0.293 e. The normalized spacial score (nSPS) is 11.3. The molecule has 0 bridgehead atoms. The van der Waals surface area contributed by atoms with Crippen LogP contribution >= 0.6 is 11.3 Å². The Hall–Kier alpha value is -2.66. The van der Waals surface area contributed by atoms with Crippen LogP contribution < -0.4 is 5.32 Å². The number of nitrogens with one attached hydrogen (secondary N) is 1. The zero-order valence-electron chi connectivity index (χ0n) is 13.6. The van der Waals surface area contributed by atoms with Crippen molar-refractivity contribution in [3.8, 4) is 0 Å². The van der Waals surface area contributed by atoms with Gasteiger partial charge < -0.3 is 4.42 Å². The number of nitrogens with zero attached hydrogens (tertiary/aromatic N) is 1. The van der Waals surface area contributed by atoms with Gasteiger partial charge in [0.2, 0.25) is 0 Å². The number of rotatable bonds is 2. The van der Waals surface area contributed by atoms with Crippen LogP contribution in [0, 0.1) is 20.8 Å². The van der Waals surface area contributed by atoms with Gasteiger partial charge in [-0.2, -0.15) is 0 Å². The van der Waals surface area contributed by atoms with Gasteiger partial charge in [0, 0.05) is 10.9 Å². The average molecular weight is 336 g/mol. The van der Waals surface area contributed by atoms with Crippen molar-refractivity contribution < 1.29 is 9.21 Å². The summed E-state index contributed by atoms with van der Waals surface area (Å²) in [4.78, 5) is 17.1. The number of aryl methyl sites for hydroxylation is 3. The number of amides is 1. The first-order valence-electron chi connectivity index (χ1n) is 7.69. The van der Waals surface area contributed by atoms with Crippen LogP contribution in [-0.4, -0.2) is 10.9 Å². The molecule has 4 rings (SSSR count). The number of furan rings is 1. The molecule has 0 saturated carbocycles. The first-order valence-corrected chi connectivity index (χ1v) is 8.51. The minimum absolute atomic E-state index is 0.267. The molecule has 0 fully saturated rings. The highest BCUT2D eigenvalue weighted by molar-refractivity contribution is 7.22. The third-order valence-electron chi connectivity index (χ3n) is 4.06. The maximum atomic E-state index is 12.6. The zero-order valence-corrected chi connectivity index (χ0v) is 14.5. The first-order chi connectivity index (χ1) is 11.5. The van der Waals surface area contributed by atoms with Gasteiger partial charge in [-0.3, -0.25) is 10.1 Å². The predicted molar refractivity (Wildman–Crippen MR) is 98.0 cm³/mol. The Morgan fingerprint density at radius 2 is 1.83 bits per heavy atom. The molecule has 4 nitrogen and oxygen atoms in total. The highest BCUT2D eigenvalue weighted by Gasteiger charge is 2.19. The number of hydrogen-bond acceptors (Lipinski definition) is 4. The highest BCUT2D eigenvalue weighted by atomic mass is 32.1. The Kier molecular flexibility index (Phi) is 3.39. The molecule has 2 aromatic carbocycles. The first kappa shape index (κ1) is 14.9. The molecule has 0 radical (unpaired) electrons. The number of anilines is 1. The van der Waals surface area contributed by atoms with Crippen molar-refractivity contribution in [2.75, 3.05) is 5.32 Å². The van der Waals surface area contributed by atoms with E-state index in [9.17, 15) is 4.79 Å². The van der Waals surface area contributed by atoms with E-state index in [1.807, 2.05) is 51.1 Å². The average Bonchev–Trinajstić information content (AvgIpc) is 3.08. The van der Waals surface area contributed by atoms with Crippen molar-refractivity contribution in [2.24, 2.45) is 0 Å². The fourth-order valence-electron chi connectivity index (χ4n) is 2.79. The Bertz CT molecular complexity index is 1090. The third-order valence-corrected chi connectivity index (χ3v) is 5.00. The molecule has 4 aromatic rings. The van der Waals surface area contributed by atoms with Crippen LogP contribution in [0.1, 0.15) is 27.2 Å². The molecule has 1 N–H and O–H groups in total. The van der Waals surface area contributed by atoms with Gasteiger partial charge in [-0.25, -0.2) is 4.98 Å². The third kappa shape index (κ3) is 2.47. The lowest BCUT2D eigenvalue weighted by atomic mass is 10.1. The summed E-state index contributed by atoms with van der Waals surface area (Å²) in [7, 11) is 0. The molecule has 0 aliphatic carbocycles. The Labute approximate surface area is 143 Å². The van der Waals surface area contributed by atoms with E-state index in [1.165, 1.54) is 16.9 Å². The topological polar surface area (TPSA) is 55.1 Å². The number of aromatic nitrogens is 1. The Morgan fingerprint density at radius 3 is 2.67 bits per heavy atom. The predicted octanol–water partition coefficient (Wildman–Crippen LogP) is 5.22. The largest absolute Gasteiger partial charge is 0.451 e. The van der Waals surface area contributed by atoms with Crippen molar-refractivity contribution >= 4 is 43.6 Å². The number of thiazole rings is 1. The van der Waals surface area contributed by atoms with Crippen molar-refractivity contribution in [1.29, 1.82) is 0 Å². The van der Waals surface area contributed by atoms with Crippen molar-refractivity contribution in [3.63, 3.8) is 0 Å². The van der Waals surface area contributed by atoms with Crippen LogP contribution in [0.5, 0.6) is 0 Å². The summed E-state index contributed by atoms with van der Waals surface area (Å²) in [5, 5.41) is 4.41. The summed E-state index contributed by atoms with van der Waals surface area (Å²) in [5.74, 6) is 0.0724. The lowest BCUT2D eigenvalue weighted by Crippen LogP contribution is -2.11. The van der Waals surface area contributed by atoms with Crippen LogP contribution in [0.2, 0.25) is 0 Å². The van der Waals surface area contributed by atoms with Crippen molar-refractivity contribution in [1.82, 2.24) is 4.98 Å². The van der Waals surface area contributed by atoms with Gasteiger partial charge in [0.1, 0.15) is 5.58 Å². The van der Waals surface area contributed by atoms with E-state index in [4.69, 9.17) is 4.42 Å². The van der Waals surface area contributed by atoms with Gasteiger partial charge in [-0.1, -0.05) is 29.0 Å². The number of hydrogen-bond donors (Lipinski definition) is 1. The minimum atomic E-state index is -0.267. The monoisotopic (exact) mass is 336 g/mol. The molecule has 0 aliphatic rings. The van der Waals surface area contributed by atoms with Crippen LogP contribution in [-0.2, 0) is 0 Å². The molecule has 2 aromatic heterocycles. The van der Waals surface area contributed by atoms with Crippen molar-refractivity contribution in [2.45, 2.75) is 20.8 Å². The second-order valence-electron chi connectivity index (χ2n) is 6.00. The van der Waals surface area contributed by atoms with Gasteiger partial charge in [0.05, 0.1) is 10.2 Å². The van der Waals surface area contributed by atoms with Crippen LogP contribution in [0.3, 0.4) is 0 Å². The SMILES string of the molecule is Cc1ccc2nc(NC(=O)c3oc4ccc(C)cc4c3C)sc2c1. The molecule has 0 unspecified atom stereocenters. The molecule has 1 amide bonds. The summed E-state index contributed by atoms with van der Waals surface area (Å²) in [5.41, 5.74) is 4.77. The Morgan fingerprint density at radius 1 is 1.08 bits per heavy atom. The molecule has 0 atom stereocenters. The van der Waals surface area contributed by atoms with E-state index in [0.29, 0.717) is 10.9 Å². The summed E-state index contributed by atoms with van der Waals surface area (Å²) in [6.07, 6.45) is 0. The second-order valence-corrected chi connectivity index (χ2v) is 7.03. The molecule has 2 heterocycles. The highest BCUT2D eigenvalue weighted by Crippen LogP contribution is 2.29. The minimum Gasteiger partial charge on any atom is -0.451 e. The van der Waals surface area contributed by atoms with Gasteiger partial charge in [0.15, 0.2) is 10.9 Å². The van der Waals surface area contributed by atoms with E-state index >= 15 is 0 Å². The summed E-state index contributed by atoms with van der Waals surface area (Å²) in [6, 6.07) is 12.0. The maximum Gasteiger partial charge on any atom is 0.293 e. The van der Waals surface area contributed by atoms with Gasteiger partial charge >= 0.3 is 0 Å². The fraction of sp³-hybridized carbons (Fsp3) is 0.158. The molecule has 5 heteroatoms. The fourth-order valence-corrected chi connectivity index (χ4v) is 3.75. The van der Waals surface area contributed by atoms with E-state index in [-0.39, 0.29) is 5.91 Å². The van der Waals surface area contributed by atoms with Crippen LogP contribution in [0.4, 0.5) is 5.13 Å². The summed E-state index contributed by atoms with van der Waals surface area (Å²) >= 11 is 1.46. The summed E-state index contributed by atoms with van der Waals surface area (Å²) in [6.45, 7) is 5.97. The second kappa shape index (κ2) is 5.46. The van der Waals surface area contributed by atoms with Gasteiger partial charge in [-0.15, -0.1) is 0 Å². The lowest BCUT2D eigenvalue weighted by Gasteiger charge is -1.98. The van der Waals surface area contributed by atoms with E-state index < -0.39 is 0 Å². The van der Waals surface area contributed by atoms with Crippen LogP contribution in [0.25, 0.3) is 21.2 Å². The van der Waals surface area contributed by atoms with Crippen LogP contribution in [0.15, 0.2) is 40.8 Å². The maximum absolute atomic E-state index is 12.6. The number of fused-ring (bicyclic) bond motifs is 2. The quantitative estimate of drug-likeness (QED) is 0.546. The number of carbonyl (C=O) groups is 1. The van der Waals surface area contributed by atoms with E-state index in [1.54, 1.807) is 0 Å². The zero-order chi connectivity index (χ0) is 16.8. The molecule has 0 aliphatic heterocycles. The Balaban J connectivity index is 1.69. The van der Waals surface area contributed by atoms with Gasteiger partial charge in [0.25, 0.3) is 5.91 Å². The molecule has 0 saturated heterocycles. The molecule has 0 spiro atoms. The van der Waals surface area contributed by atoms with E-state index in [2.05, 4.69) is 16.4 Å². The molecule has 24 heavy (non-hydrogen) atoms. The van der Waals surface area contributed by atoms with E-state index in [0.717, 1.165) is 32.3 Å². The number of benzene rings is 2. The van der Waals surface area contributed by atoms with Crippen molar-refractivity contribution in [3.05, 3.63) is 58.8 Å². The number of carbonyl (C=O) groups excluding carboxylic acids is 1. The summed E-state index contributed by atoms with van der Waals surface area (Å²) < 4.78 is 6.80. The standard InChI is InChI=1S/C19H16N2O2S/c1-10-5-7-15-13(8-10)12(3)17(23-15)18(22)21-19-20-14-6-4-11(2)9-16(14)24-19/h4-9H,1-3H3,(H,20,21,22). The van der Waals surface area contributed by atoms with Gasteiger partial charge in [-0.05, 0) is 50.6 Å². The molecule has 120 valence electrons. The molecular formula is C19H16N2O2S.